The summed E-state index contributed by atoms with van der Waals surface area (Å²) in [5, 5.41) is 15.1. The summed E-state index contributed by atoms with van der Waals surface area (Å²) in [6.07, 6.45) is -4.21. The number of rotatable bonds is 9. The molecule has 1 saturated heterocycles. The number of unbranched alkanes of at least 4 members (excludes halogenated alkanes) is 1. The predicted octanol–water partition coefficient (Wildman–Crippen LogP) is -0.294. The van der Waals surface area contributed by atoms with E-state index in [1.54, 1.807) is 12.4 Å². The van der Waals surface area contributed by atoms with Crippen molar-refractivity contribution in [1.82, 2.24) is 35.7 Å². The van der Waals surface area contributed by atoms with Crippen molar-refractivity contribution in [3.63, 3.8) is 0 Å². The molecule has 16 nitrogen and oxygen atoms in total. The molecule has 0 saturated carbocycles. The Kier molecular flexibility index (Phi) is 8.12. The Morgan fingerprint density at radius 3 is 2.51 bits per heavy atom. The zero-order chi connectivity index (χ0) is 27.5. The Bertz CT molecular complexity index is 1190. The van der Waals surface area contributed by atoms with Crippen molar-refractivity contribution >= 4 is 34.3 Å². The number of aryl methyl sites for hydroxylation is 1. The third kappa shape index (κ3) is 6.38. The van der Waals surface area contributed by atoms with E-state index in [1.807, 2.05) is 0 Å². The van der Waals surface area contributed by atoms with Gasteiger partial charge in [0.05, 0.1) is 18.4 Å². The van der Waals surface area contributed by atoms with Crippen molar-refractivity contribution in [2.24, 2.45) is 12.2 Å². The predicted molar refractivity (Wildman–Crippen MR) is 115 cm³/mol. The highest BCUT2D eigenvalue weighted by Gasteiger charge is 2.53. The zero-order valence-corrected chi connectivity index (χ0v) is 20.2. The van der Waals surface area contributed by atoms with Crippen LogP contribution in [0.5, 0.6) is 0 Å². The lowest BCUT2D eigenvalue weighted by Gasteiger charge is -2.31. The van der Waals surface area contributed by atoms with Gasteiger partial charge in [0.2, 0.25) is 0 Å². The molecule has 4 N–H and O–H groups in total. The van der Waals surface area contributed by atoms with Crippen LogP contribution in [0.2, 0.25) is 0 Å². The minimum atomic E-state index is -5.01. The average molecular weight is 556 g/mol. The van der Waals surface area contributed by atoms with E-state index in [-0.39, 0.29) is 38.3 Å². The van der Waals surface area contributed by atoms with Gasteiger partial charge < -0.3 is 20.9 Å². The monoisotopic (exact) mass is 556 g/mol. The van der Waals surface area contributed by atoms with Crippen LogP contribution in [0.25, 0.3) is 0 Å². The lowest BCUT2D eigenvalue weighted by atomic mass is 9.97. The molecule has 4 amide bonds. The Labute approximate surface area is 207 Å². The highest BCUT2D eigenvalue weighted by atomic mass is 32.3. The molecular weight excluding hydrogens is 533 g/mol. The molecular formula is C17H23F3N8O8S. The van der Waals surface area contributed by atoms with E-state index >= 15 is 0 Å². The third-order valence-electron chi connectivity index (χ3n) is 5.36. The molecule has 37 heavy (non-hydrogen) atoms. The molecule has 0 aromatic carbocycles. The zero-order valence-electron chi connectivity index (χ0n) is 19.4. The normalized spacial score (nSPS) is 19.5. The molecule has 0 spiro atoms. The van der Waals surface area contributed by atoms with Crippen molar-refractivity contribution in [2.75, 3.05) is 26.7 Å². The fourth-order valence-electron chi connectivity index (χ4n) is 3.80. The fourth-order valence-corrected chi connectivity index (χ4v) is 4.17. The SMILES string of the molecule is CN/C(=N\OC(=O)NCCCCNC(=O)C(F)(F)F)[C@@H]1c2c(cnn2C)[C@@H]2CN1C(=O)N2OS(=O)(=O)O. The van der Waals surface area contributed by atoms with E-state index < -0.39 is 46.7 Å². The number of amides is 4. The van der Waals surface area contributed by atoms with Crippen LogP contribution in [0.1, 0.15) is 36.2 Å². The first kappa shape index (κ1) is 27.9. The second-order valence-corrected chi connectivity index (χ2v) is 8.79. The van der Waals surface area contributed by atoms with Crippen LogP contribution in [-0.2, 0) is 31.4 Å². The molecule has 3 rings (SSSR count). The van der Waals surface area contributed by atoms with Gasteiger partial charge in [-0.15, -0.1) is 4.28 Å². The van der Waals surface area contributed by atoms with Gasteiger partial charge in [0, 0.05) is 32.7 Å². The Morgan fingerprint density at radius 1 is 1.27 bits per heavy atom. The van der Waals surface area contributed by atoms with Crippen molar-refractivity contribution < 1.29 is 49.6 Å². The second kappa shape index (κ2) is 10.8. The summed E-state index contributed by atoms with van der Waals surface area (Å²) in [6, 6.07) is -2.82. The van der Waals surface area contributed by atoms with E-state index in [9.17, 15) is 36.0 Å². The third-order valence-corrected chi connectivity index (χ3v) is 5.71. The number of urea groups is 1. The number of halogens is 3. The number of likely N-dealkylation sites (N-methyl/N-ethyl adjacent to an activating group) is 1. The molecule has 1 aromatic rings. The molecule has 206 valence electrons. The Morgan fingerprint density at radius 2 is 1.92 bits per heavy atom. The van der Waals surface area contributed by atoms with Crippen LogP contribution in [0.15, 0.2) is 11.4 Å². The summed E-state index contributed by atoms with van der Waals surface area (Å²) >= 11 is 0. The maximum atomic E-state index is 12.9. The molecule has 2 aliphatic rings. The van der Waals surface area contributed by atoms with Crippen LogP contribution in [0, 0.1) is 0 Å². The number of oxime groups is 1. The topological polar surface area (TPSA) is 197 Å². The first-order valence-electron chi connectivity index (χ1n) is 10.6. The van der Waals surface area contributed by atoms with Gasteiger partial charge in [-0.25, -0.2) is 9.59 Å². The first-order chi connectivity index (χ1) is 17.2. The summed E-state index contributed by atoms with van der Waals surface area (Å²) in [5.41, 5.74) is 0.812. The van der Waals surface area contributed by atoms with Crippen LogP contribution < -0.4 is 16.0 Å². The molecule has 2 aliphatic heterocycles. The number of carbonyl (C=O) groups excluding carboxylic acids is 3. The van der Waals surface area contributed by atoms with E-state index in [0.29, 0.717) is 16.3 Å². The molecule has 0 unspecified atom stereocenters. The van der Waals surface area contributed by atoms with Gasteiger partial charge in [0.25, 0.3) is 0 Å². The van der Waals surface area contributed by atoms with E-state index in [0.717, 1.165) is 0 Å². The van der Waals surface area contributed by atoms with Crippen LogP contribution >= 0.6 is 0 Å². The molecule has 1 aromatic heterocycles. The van der Waals surface area contributed by atoms with Gasteiger partial charge >= 0.3 is 34.6 Å². The summed E-state index contributed by atoms with van der Waals surface area (Å²) in [4.78, 5) is 41.6. The van der Waals surface area contributed by atoms with E-state index in [2.05, 4.69) is 25.2 Å². The summed E-state index contributed by atoms with van der Waals surface area (Å²) in [5.74, 6) is -2.08. The van der Waals surface area contributed by atoms with E-state index in [1.165, 1.54) is 22.8 Å². The highest BCUT2D eigenvalue weighted by Crippen LogP contribution is 2.44. The fraction of sp³-hybridized carbons (Fsp3) is 0.588. The molecule has 2 atom stereocenters. The quantitative estimate of drug-likeness (QED) is 0.0783. The second-order valence-electron chi connectivity index (χ2n) is 7.78. The van der Waals surface area contributed by atoms with Crippen molar-refractivity contribution in [3.8, 4) is 0 Å². The minimum absolute atomic E-state index is 0.00859. The molecule has 0 radical (unpaired) electrons. The minimum Gasteiger partial charge on any atom is -0.372 e. The van der Waals surface area contributed by atoms with Gasteiger partial charge in [0.15, 0.2) is 5.84 Å². The number of hydrogen-bond acceptors (Lipinski definition) is 9. The largest absolute Gasteiger partial charge is 0.471 e. The first-order valence-corrected chi connectivity index (χ1v) is 11.9. The average Bonchev–Trinajstić information content (AvgIpc) is 3.30. The van der Waals surface area contributed by atoms with Crippen molar-refractivity contribution in [2.45, 2.75) is 31.1 Å². The number of nitrogens with zero attached hydrogens (tertiary/aromatic N) is 5. The smallest absolute Gasteiger partial charge is 0.372 e. The summed E-state index contributed by atoms with van der Waals surface area (Å²) in [7, 11) is -2.01. The number of nitrogens with one attached hydrogen (secondary N) is 3. The summed E-state index contributed by atoms with van der Waals surface area (Å²) in [6.45, 7) is -0.293. The van der Waals surface area contributed by atoms with Crippen LogP contribution in [-0.4, -0.2) is 89.4 Å². The van der Waals surface area contributed by atoms with E-state index in [4.69, 9.17) is 9.39 Å². The standard InChI is InChI=1S/C17H23F3N8O8S/c1-21-13(25-35-15(30)23-6-4-3-5-22-14(29)17(18,19)20)12-11-9(7-24-26(11)2)10-8-27(12)16(31)28(10)36-37(32,33)34/h7,10,12H,3-6,8H2,1-2H3,(H,21,25)(H,22,29)(H,23,30)(H,32,33,34)/t10-,12-/m0/s1. The highest BCUT2D eigenvalue weighted by molar-refractivity contribution is 7.80. The van der Waals surface area contributed by atoms with Gasteiger partial charge in [0.1, 0.15) is 12.1 Å². The van der Waals surface area contributed by atoms with Crippen molar-refractivity contribution in [3.05, 3.63) is 17.5 Å². The number of aromatic nitrogens is 2. The number of amidine groups is 1. The summed E-state index contributed by atoms with van der Waals surface area (Å²) < 4.78 is 73.7. The number of hydroxylamine groups is 2. The van der Waals surface area contributed by atoms with Crippen LogP contribution in [0.3, 0.4) is 0 Å². The molecule has 2 bridgehead atoms. The Hall–Kier alpha value is -3.65. The van der Waals surface area contributed by atoms with Gasteiger partial charge in [-0.2, -0.15) is 31.8 Å². The number of hydrogen-bond donors (Lipinski definition) is 4. The molecule has 0 aliphatic carbocycles. The maximum Gasteiger partial charge on any atom is 0.471 e. The number of alkyl halides is 3. The maximum absolute atomic E-state index is 12.9. The molecule has 1 fully saturated rings. The van der Waals surface area contributed by atoms with Gasteiger partial charge in [-0.1, -0.05) is 5.16 Å². The lowest BCUT2D eigenvalue weighted by Crippen LogP contribution is -2.44. The van der Waals surface area contributed by atoms with Gasteiger partial charge in [-0.3, -0.25) is 18.9 Å². The van der Waals surface area contributed by atoms with Crippen molar-refractivity contribution in [1.29, 1.82) is 0 Å². The lowest BCUT2D eigenvalue weighted by molar-refractivity contribution is -0.173. The Balaban J connectivity index is 1.62. The molecule has 3 heterocycles. The number of carbonyl (C=O) groups is 3. The van der Waals surface area contributed by atoms with Gasteiger partial charge in [-0.05, 0) is 12.8 Å². The molecule has 20 heteroatoms. The van der Waals surface area contributed by atoms with Crippen LogP contribution in [0.4, 0.5) is 22.8 Å². The number of fused-ring (bicyclic) bond motifs is 4.